The van der Waals surface area contributed by atoms with Crippen molar-refractivity contribution in [1.82, 2.24) is 9.88 Å². The van der Waals surface area contributed by atoms with Gasteiger partial charge in [-0.05, 0) is 50.5 Å². The summed E-state index contributed by atoms with van der Waals surface area (Å²) in [7, 11) is 3.67. The van der Waals surface area contributed by atoms with E-state index in [0.29, 0.717) is 23.5 Å². The average Bonchev–Trinajstić information content (AvgIpc) is 2.62. The van der Waals surface area contributed by atoms with Crippen molar-refractivity contribution in [3.63, 3.8) is 0 Å². The summed E-state index contributed by atoms with van der Waals surface area (Å²) in [6, 6.07) is 16.5. The number of carbonyl (C=O) groups excluding carboxylic acids is 2. The number of benzene rings is 2. The van der Waals surface area contributed by atoms with Crippen LogP contribution in [0.5, 0.6) is 0 Å². The third-order valence-electron chi connectivity index (χ3n) is 3.74. The third-order valence-corrected chi connectivity index (χ3v) is 3.74. The summed E-state index contributed by atoms with van der Waals surface area (Å²) >= 11 is 0. The van der Waals surface area contributed by atoms with Crippen molar-refractivity contribution in [2.75, 3.05) is 31.3 Å². The van der Waals surface area contributed by atoms with E-state index in [1.165, 1.54) is 0 Å². The number of amides is 2. The molecule has 0 aliphatic carbocycles. The number of pyridine rings is 1. The number of nitrogens with one attached hydrogen (secondary N) is 2. The first kappa shape index (κ1) is 17.6. The molecule has 0 aliphatic heterocycles. The Morgan fingerprint density at radius 3 is 2.31 bits per heavy atom. The van der Waals surface area contributed by atoms with Gasteiger partial charge in [-0.25, -0.2) is 0 Å². The van der Waals surface area contributed by atoms with Crippen LogP contribution in [0.1, 0.15) is 10.4 Å². The van der Waals surface area contributed by atoms with Gasteiger partial charge in [-0.3, -0.25) is 14.6 Å². The molecule has 3 rings (SSSR count). The highest BCUT2D eigenvalue weighted by Crippen LogP contribution is 2.16. The molecule has 3 aromatic rings. The molecule has 2 aromatic carbocycles. The van der Waals surface area contributed by atoms with Gasteiger partial charge < -0.3 is 15.5 Å². The van der Waals surface area contributed by atoms with Crippen LogP contribution >= 0.6 is 0 Å². The Labute approximate surface area is 151 Å². The number of nitrogens with zero attached hydrogens (tertiary/aromatic N) is 2. The van der Waals surface area contributed by atoms with Gasteiger partial charge in [0.15, 0.2) is 0 Å². The van der Waals surface area contributed by atoms with E-state index in [2.05, 4.69) is 15.6 Å². The number of hydrogen-bond donors (Lipinski definition) is 2. The minimum absolute atomic E-state index is 0.0889. The SMILES string of the molecule is CN(C)CC(=O)Nc1ccc(NC(=O)c2cnc3ccccc3c2)cc1. The van der Waals surface area contributed by atoms with Gasteiger partial charge in [-0.15, -0.1) is 0 Å². The van der Waals surface area contributed by atoms with Gasteiger partial charge in [0, 0.05) is 23.0 Å². The molecular weight excluding hydrogens is 328 g/mol. The molecule has 0 bridgehead atoms. The molecule has 132 valence electrons. The second kappa shape index (κ2) is 7.76. The summed E-state index contributed by atoms with van der Waals surface area (Å²) in [6.07, 6.45) is 1.56. The van der Waals surface area contributed by atoms with Gasteiger partial charge in [-0.2, -0.15) is 0 Å². The van der Waals surface area contributed by atoms with Crippen LogP contribution in [-0.4, -0.2) is 42.3 Å². The zero-order valence-corrected chi connectivity index (χ0v) is 14.7. The Balaban J connectivity index is 1.66. The zero-order valence-electron chi connectivity index (χ0n) is 14.7. The largest absolute Gasteiger partial charge is 0.325 e. The van der Waals surface area contributed by atoms with Crippen LogP contribution in [0.25, 0.3) is 10.9 Å². The Kier molecular flexibility index (Phi) is 5.24. The number of carbonyl (C=O) groups is 2. The van der Waals surface area contributed by atoms with Crippen molar-refractivity contribution >= 4 is 34.1 Å². The summed E-state index contributed by atoms with van der Waals surface area (Å²) < 4.78 is 0. The fourth-order valence-corrected chi connectivity index (χ4v) is 2.52. The summed E-state index contributed by atoms with van der Waals surface area (Å²) in [5.41, 5.74) is 2.67. The topological polar surface area (TPSA) is 74.3 Å². The average molecular weight is 348 g/mol. The molecule has 26 heavy (non-hydrogen) atoms. The highest BCUT2D eigenvalue weighted by atomic mass is 16.2. The Hall–Kier alpha value is -3.25. The maximum absolute atomic E-state index is 12.4. The van der Waals surface area contributed by atoms with E-state index in [9.17, 15) is 9.59 Å². The Bertz CT molecular complexity index is 936. The lowest BCUT2D eigenvalue weighted by atomic mass is 10.1. The molecule has 0 spiro atoms. The Morgan fingerprint density at radius 2 is 1.62 bits per heavy atom. The summed E-state index contributed by atoms with van der Waals surface area (Å²) in [4.78, 5) is 30.3. The molecule has 1 aromatic heterocycles. The van der Waals surface area contributed by atoms with Crippen LogP contribution in [0.15, 0.2) is 60.8 Å². The molecule has 6 nitrogen and oxygen atoms in total. The highest BCUT2D eigenvalue weighted by Gasteiger charge is 2.08. The van der Waals surface area contributed by atoms with Crippen LogP contribution in [-0.2, 0) is 4.79 Å². The van der Waals surface area contributed by atoms with E-state index < -0.39 is 0 Å². The number of rotatable bonds is 5. The second-order valence-electron chi connectivity index (χ2n) is 6.23. The second-order valence-corrected chi connectivity index (χ2v) is 6.23. The van der Waals surface area contributed by atoms with E-state index in [1.54, 1.807) is 35.4 Å². The van der Waals surface area contributed by atoms with Gasteiger partial charge >= 0.3 is 0 Å². The lowest BCUT2D eigenvalue weighted by Crippen LogP contribution is -2.27. The van der Waals surface area contributed by atoms with Crippen molar-refractivity contribution in [3.8, 4) is 0 Å². The van der Waals surface area contributed by atoms with Crippen molar-refractivity contribution < 1.29 is 9.59 Å². The van der Waals surface area contributed by atoms with Gasteiger partial charge in [0.2, 0.25) is 5.91 Å². The normalized spacial score (nSPS) is 10.7. The quantitative estimate of drug-likeness (QED) is 0.743. The fourth-order valence-electron chi connectivity index (χ4n) is 2.52. The van der Waals surface area contributed by atoms with Crippen LogP contribution in [0.2, 0.25) is 0 Å². The first-order chi connectivity index (χ1) is 12.5. The molecule has 0 unspecified atom stereocenters. The molecule has 2 amide bonds. The monoisotopic (exact) mass is 348 g/mol. The lowest BCUT2D eigenvalue weighted by molar-refractivity contribution is -0.116. The lowest BCUT2D eigenvalue weighted by Gasteiger charge is -2.11. The summed E-state index contributed by atoms with van der Waals surface area (Å²) in [6.45, 7) is 0.313. The maximum atomic E-state index is 12.4. The number of aromatic nitrogens is 1. The van der Waals surface area contributed by atoms with Crippen molar-refractivity contribution in [3.05, 3.63) is 66.4 Å². The predicted octanol–water partition coefficient (Wildman–Crippen LogP) is 2.99. The molecule has 0 atom stereocenters. The smallest absolute Gasteiger partial charge is 0.257 e. The van der Waals surface area contributed by atoms with E-state index in [1.807, 2.05) is 44.4 Å². The molecule has 0 radical (unpaired) electrons. The number of para-hydroxylation sites is 1. The van der Waals surface area contributed by atoms with Crippen LogP contribution in [0, 0.1) is 0 Å². The van der Waals surface area contributed by atoms with Gasteiger partial charge in [0.05, 0.1) is 17.6 Å². The van der Waals surface area contributed by atoms with Gasteiger partial charge in [-0.1, -0.05) is 18.2 Å². The first-order valence-corrected chi connectivity index (χ1v) is 8.22. The molecule has 0 aliphatic rings. The number of fused-ring (bicyclic) bond motifs is 1. The predicted molar refractivity (Wildman–Crippen MR) is 103 cm³/mol. The van der Waals surface area contributed by atoms with Gasteiger partial charge in [0.25, 0.3) is 5.91 Å². The molecule has 6 heteroatoms. The third kappa shape index (κ3) is 4.43. The van der Waals surface area contributed by atoms with Crippen molar-refractivity contribution in [2.24, 2.45) is 0 Å². The Morgan fingerprint density at radius 1 is 0.962 bits per heavy atom. The molecule has 0 fully saturated rings. The molecule has 0 saturated carbocycles. The summed E-state index contributed by atoms with van der Waals surface area (Å²) in [5.74, 6) is -0.318. The van der Waals surface area contributed by atoms with E-state index >= 15 is 0 Å². The van der Waals surface area contributed by atoms with Crippen LogP contribution < -0.4 is 10.6 Å². The molecule has 2 N–H and O–H groups in total. The zero-order chi connectivity index (χ0) is 18.5. The van der Waals surface area contributed by atoms with E-state index in [0.717, 1.165) is 10.9 Å². The molecular formula is C20H20N4O2. The molecule has 0 saturated heterocycles. The first-order valence-electron chi connectivity index (χ1n) is 8.22. The summed E-state index contributed by atoms with van der Waals surface area (Å²) in [5, 5.41) is 6.55. The molecule has 1 heterocycles. The number of anilines is 2. The minimum atomic E-state index is -0.229. The highest BCUT2D eigenvalue weighted by molar-refractivity contribution is 6.05. The van der Waals surface area contributed by atoms with Gasteiger partial charge in [0.1, 0.15) is 0 Å². The van der Waals surface area contributed by atoms with Crippen LogP contribution in [0.3, 0.4) is 0 Å². The number of hydrogen-bond acceptors (Lipinski definition) is 4. The standard InChI is InChI=1S/C20H20N4O2/c1-24(2)13-19(25)22-16-7-9-17(10-8-16)23-20(26)15-11-14-5-3-4-6-18(14)21-12-15/h3-12H,13H2,1-2H3,(H,22,25)(H,23,26). The van der Waals surface area contributed by atoms with Crippen LogP contribution in [0.4, 0.5) is 11.4 Å². The van der Waals surface area contributed by atoms with Crippen molar-refractivity contribution in [2.45, 2.75) is 0 Å². The fraction of sp³-hybridized carbons (Fsp3) is 0.150. The minimum Gasteiger partial charge on any atom is -0.325 e. The maximum Gasteiger partial charge on any atom is 0.257 e. The number of likely N-dealkylation sites (N-methyl/N-ethyl adjacent to an activating group) is 1. The van der Waals surface area contributed by atoms with Crippen molar-refractivity contribution in [1.29, 1.82) is 0 Å². The van der Waals surface area contributed by atoms with E-state index in [4.69, 9.17) is 0 Å². The van der Waals surface area contributed by atoms with E-state index in [-0.39, 0.29) is 11.8 Å².